The molecule has 0 radical (unpaired) electrons. The molecule has 0 bridgehead atoms. The third kappa shape index (κ3) is 1.89. The Hall–Kier alpha value is -2.97. The van der Waals surface area contributed by atoms with Gasteiger partial charge >= 0.3 is 0 Å². The van der Waals surface area contributed by atoms with E-state index >= 15 is 0 Å². The van der Waals surface area contributed by atoms with E-state index in [9.17, 15) is 10.1 Å². The predicted molar refractivity (Wildman–Crippen MR) is 83.0 cm³/mol. The van der Waals surface area contributed by atoms with Crippen LogP contribution in [0.3, 0.4) is 0 Å². The van der Waals surface area contributed by atoms with Crippen molar-refractivity contribution in [3.05, 3.63) is 46.3 Å². The van der Waals surface area contributed by atoms with E-state index in [4.69, 9.17) is 0 Å². The molecule has 3 atom stereocenters. The summed E-state index contributed by atoms with van der Waals surface area (Å²) in [5, 5.41) is 22.9. The first-order valence-corrected chi connectivity index (χ1v) is 7.23. The molecule has 118 valence electrons. The number of hydrogen-bond acceptors (Lipinski definition) is 7. The average molecular weight is 313 g/mol. The second-order valence-electron chi connectivity index (χ2n) is 5.99. The van der Waals surface area contributed by atoms with Crippen LogP contribution < -0.4 is 10.7 Å². The zero-order valence-corrected chi connectivity index (χ0v) is 12.6. The van der Waals surface area contributed by atoms with Gasteiger partial charge in [0.05, 0.1) is 16.9 Å². The molecule has 2 aliphatic heterocycles. The Morgan fingerprint density at radius 1 is 1.35 bits per heavy atom. The van der Waals surface area contributed by atoms with Crippen molar-refractivity contribution in [1.82, 2.24) is 20.2 Å². The number of hydrazone groups is 1. The molecule has 4 rings (SSSR count). The number of non-ortho nitro benzene ring substituents is 1. The summed E-state index contributed by atoms with van der Waals surface area (Å²) in [6.07, 6.45) is 1.50. The predicted octanol–water partition coefficient (Wildman–Crippen LogP) is 1.51. The van der Waals surface area contributed by atoms with Crippen molar-refractivity contribution in [3.63, 3.8) is 0 Å². The van der Waals surface area contributed by atoms with Crippen molar-refractivity contribution in [1.29, 1.82) is 0 Å². The van der Waals surface area contributed by atoms with Crippen LogP contribution in [-0.4, -0.2) is 31.1 Å². The average Bonchev–Trinajstić information content (AvgIpc) is 3.09. The van der Waals surface area contributed by atoms with Gasteiger partial charge in [0.1, 0.15) is 12.0 Å². The summed E-state index contributed by atoms with van der Waals surface area (Å²) < 4.78 is 1.81. The number of anilines is 1. The van der Waals surface area contributed by atoms with Crippen molar-refractivity contribution in [2.45, 2.75) is 25.6 Å². The summed E-state index contributed by atoms with van der Waals surface area (Å²) in [5.41, 5.74) is 4.61. The summed E-state index contributed by atoms with van der Waals surface area (Å²) in [7, 11) is 0. The Bertz CT molecular complexity index is 813. The Labute approximate surface area is 131 Å². The van der Waals surface area contributed by atoms with Crippen LogP contribution in [-0.2, 0) is 0 Å². The summed E-state index contributed by atoms with van der Waals surface area (Å²) in [5.74, 6) is 0.655. The van der Waals surface area contributed by atoms with Gasteiger partial charge in [-0.1, -0.05) is 12.1 Å². The smallest absolute Gasteiger partial charge is 0.269 e. The molecule has 0 unspecified atom stereocenters. The summed E-state index contributed by atoms with van der Waals surface area (Å²) in [4.78, 5) is 14.7. The van der Waals surface area contributed by atoms with Crippen LogP contribution in [0.25, 0.3) is 0 Å². The SMILES string of the molecule is CC1=NN[C@@]2(C)Nc3ncnn3[C@H](c3ccc([N+](=O)[O-])cc3)[C@@H]12. The van der Waals surface area contributed by atoms with Gasteiger partial charge in [-0.05, 0) is 19.4 Å². The number of aromatic nitrogens is 3. The van der Waals surface area contributed by atoms with Crippen LogP contribution in [0.2, 0.25) is 0 Å². The Balaban J connectivity index is 1.84. The maximum absolute atomic E-state index is 10.9. The second-order valence-corrected chi connectivity index (χ2v) is 5.99. The van der Waals surface area contributed by atoms with E-state index in [-0.39, 0.29) is 17.6 Å². The highest BCUT2D eigenvalue weighted by molar-refractivity contribution is 5.89. The minimum atomic E-state index is -0.473. The fraction of sp³-hybridized carbons (Fsp3) is 0.357. The highest BCUT2D eigenvalue weighted by Gasteiger charge is 2.51. The lowest BCUT2D eigenvalue weighted by Crippen LogP contribution is -2.57. The number of hydrogen-bond donors (Lipinski definition) is 2. The van der Waals surface area contributed by atoms with E-state index in [0.29, 0.717) is 5.95 Å². The Morgan fingerprint density at radius 2 is 2.09 bits per heavy atom. The quantitative estimate of drug-likeness (QED) is 0.642. The molecule has 2 aromatic rings. The minimum absolute atomic E-state index is 0.0122. The number of nitro groups is 1. The molecule has 3 heterocycles. The minimum Gasteiger partial charge on any atom is -0.330 e. The van der Waals surface area contributed by atoms with Crippen LogP contribution in [0.15, 0.2) is 35.7 Å². The van der Waals surface area contributed by atoms with Crippen molar-refractivity contribution in [2.75, 3.05) is 5.32 Å². The number of rotatable bonds is 2. The molecule has 0 saturated carbocycles. The first-order chi connectivity index (χ1) is 11.0. The number of nitro benzene ring substituents is 1. The van der Waals surface area contributed by atoms with Crippen molar-refractivity contribution in [3.8, 4) is 0 Å². The zero-order chi connectivity index (χ0) is 16.2. The van der Waals surface area contributed by atoms with Crippen LogP contribution in [0.5, 0.6) is 0 Å². The summed E-state index contributed by atoms with van der Waals surface area (Å²) >= 11 is 0. The molecule has 0 fully saturated rings. The van der Waals surface area contributed by atoms with E-state index in [1.165, 1.54) is 18.5 Å². The van der Waals surface area contributed by atoms with E-state index in [1.54, 1.807) is 16.8 Å². The zero-order valence-electron chi connectivity index (χ0n) is 12.6. The summed E-state index contributed by atoms with van der Waals surface area (Å²) in [6.45, 7) is 3.99. The lowest BCUT2D eigenvalue weighted by atomic mass is 9.80. The number of benzene rings is 1. The van der Waals surface area contributed by atoms with Crippen molar-refractivity contribution < 1.29 is 4.92 Å². The fourth-order valence-corrected chi connectivity index (χ4v) is 3.45. The molecule has 0 aliphatic carbocycles. The first-order valence-electron chi connectivity index (χ1n) is 7.23. The van der Waals surface area contributed by atoms with Crippen LogP contribution in [0, 0.1) is 16.0 Å². The molecule has 2 aliphatic rings. The van der Waals surface area contributed by atoms with Crippen LogP contribution >= 0.6 is 0 Å². The fourth-order valence-electron chi connectivity index (χ4n) is 3.45. The lowest BCUT2D eigenvalue weighted by molar-refractivity contribution is -0.384. The normalized spacial score (nSPS) is 28.2. The molecule has 23 heavy (non-hydrogen) atoms. The van der Waals surface area contributed by atoms with Crippen LogP contribution in [0.1, 0.15) is 25.5 Å². The second kappa shape index (κ2) is 4.51. The highest BCUT2D eigenvalue weighted by atomic mass is 16.6. The maximum atomic E-state index is 10.9. The van der Waals surface area contributed by atoms with Gasteiger partial charge in [-0.15, -0.1) is 0 Å². The number of fused-ring (bicyclic) bond motifs is 2. The van der Waals surface area contributed by atoms with E-state index < -0.39 is 10.6 Å². The van der Waals surface area contributed by atoms with E-state index in [2.05, 4.69) is 25.9 Å². The maximum Gasteiger partial charge on any atom is 0.269 e. The molecule has 1 aromatic heterocycles. The monoisotopic (exact) mass is 313 g/mol. The van der Waals surface area contributed by atoms with Gasteiger partial charge < -0.3 is 5.32 Å². The Morgan fingerprint density at radius 3 is 2.78 bits per heavy atom. The molecule has 9 nitrogen and oxygen atoms in total. The molecule has 9 heteroatoms. The molecular weight excluding hydrogens is 298 g/mol. The third-order valence-electron chi connectivity index (χ3n) is 4.51. The van der Waals surface area contributed by atoms with Gasteiger partial charge in [0.2, 0.25) is 5.95 Å². The first kappa shape index (κ1) is 13.7. The van der Waals surface area contributed by atoms with Gasteiger partial charge in [0, 0.05) is 17.8 Å². The largest absolute Gasteiger partial charge is 0.330 e. The molecule has 0 saturated heterocycles. The van der Waals surface area contributed by atoms with Gasteiger partial charge in [0.25, 0.3) is 5.69 Å². The molecule has 1 aromatic carbocycles. The molecular formula is C14H15N7O2. The highest BCUT2D eigenvalue weighted by Crippen LogP contribution is 2.43. The van der Waals surface area contributed by atoms with Gasteiger partial charge in [0.15, 0.2) is 0 Å². The van der Waals surface area contributed by atoms with Crippen molar-refractivity contribution >= 4 is 17.3 Å². The molecule has 0 amide bonds. The van der Waals surface area contributed by atoms with Gasteiger partial charge in [-0.3, -0.25) is 15.5 Å². The third-order valence-corrected chi connectivity index (χ3v) is 4.51. The Kier molecular flexibility index (Phi) is 2.68. The topological polar surface area (TPSA) is 110 Å². The number of nitrogens with zero attached hydrogens (tertiary/aromatic N) is 5. The molecule has 0 spiro atoms. The van der Waals surface area contributed by atoms with Crippen LogP contribution in [0.4, 0.5) is 11.6 Å². The summed E-state index contributed by atoms with van der Waals surface area (Å²) in [6, 6.07) is 6.43. The lowest BCUT2D eigenvalue weighted by Gasteiger charge is -2.42. The van der Waals surface area contributed by atoms with E-state index in [0.717, 1.165) is 11.3 Å². The van der Waals surface area contributed by atoms with E-state index in [1.807, 2.05) is 13.8 Å². The molecule has 2 N–H and O–H groups in total. The van der Waals surface area contributed by atoms with Gasteiger partial charge in [-0.2, -0.15) is 15.2 Å². The standard InChI is InChI=1S/C14H15N7O2/c1-8-11-12(9-3-5-10(6-4-9)21(22)23)20-13(15-7-16-20)17-14(11,2)19-18-8/h3-7,11-12,19H,1-2H3,(H,15,16,17)/t11-,12-,14-/m1/s1. The van der Waals surface area contributed by atoms with Crippen molar-refractivity contribution in [2.24, 2.45) is 11.0 Å². The van der Waals surface area contributed by atoms with Gasteiger partial charge in [-0.25, -0.2) is 4.68 Å². The number of nitrogens with one attached hydrogen (secondary N) is 2.